The lowest BCUT2D eigenvalue weighted by Crippen LogP contribution is -2.49. The Balaban J connectivity index is 1.71. The number of ether oxygens (including phenoxy) is 1. The van der Waals surface area contributed by atoms with E-state index in [0.29, 0.717) is 23.1 Å². The van der Waals surface area contributed by atoms with Gasteiger partial charge in [0.1, 0.15) is 11.8 Å². The molecule has 2 aromatic rings. The molecule has 2 N–H and O–H groups in total. The van der Waals surface area contributed by atoms with Gasteiger partial charge < -0.3 is 10.1 Å². The van der Waals surface area contributed by atoms with Gasteiger partial charge in [0, 0.05) is 17.8 Å². The quantitative estimate of drug-likeness (QED) is 0.572. The Kier molecular flexibility index (Phi) is 7.55. The van der Waals surface area contributed by atoms with Crippen LogP contribution in [0.4, 0.5) is 5.69 Å². The van der Waals surface area contributed by atoms with Crippen LogP contribution in [-0.4, -0.2) is 52.4 Å². The number of rotatable bonds is 7. The van der Waals surface area contributed by atoms with Crippen molar-refractivity contribution in [2.75, 3.05) is 19.0 Å². The molecule has 0 saturated carbocycles. The number of nitrogens with one attached hydrogen (secondary N) is 2. The highest BCUT2D eigenvalue weighted by Gasteiger charge is 2.43. The first-order chi connectivity index (χ1) is 15.2. The molecule has 3 rings (SSSR count). The first-order valence-electron chi connectivity index (χ1n) is 9.60. The fourth-order valence-electron chi connectivity index (χ4n) is 3.06. The van der Waals surface area contributed by atoms with Crippen LogP contribution in [0.5, 0.6) is 5.75 Å². The Morgan fingerprint density at radius 2 is 1.84 bits per heavy atom. The molecule has 0 aliphatic carbocycles. The Hall–Kier alpha value is -2.88. The molecule has 168 valence electrons. The summed E-state index contributed by atoms with van der Waals surface area (Å²) in [4.78, 5) is 39.2. The van der Waals surface area contributed by atoms with Gasteiger partial charge in [0.15, 0.2) is 5.11 Å². The Morgan fingerprint density at radius 3 is 2.47 bits per heavy atom. The molecule has 8 nitrogen and oxygen atoms in total. The average Bonchev–Trinajstić information content (AvgIpc) is 2.93. The van der Waals surface area contributed by atoms with Crippen LogP contribution in [0.3, 0.4) is 0 Å². The monoisotopic (exact) mass is 494 g/mol. The highest BCUT2D eigenvalue weighted by Crippen LogP contribution is 2.23. The third kappa shape index (κ3) is 5.29. The number of carbonyl (C=O) groups excluding carboxylic acids is 3. The molecule has 0 radical (unpaired) electrons. The molecule has 11 heteroatoms. The van der Waals surface area contributed by atoms with Crippen molar-refractivity contribution in [1.82, 2.24) is 15.3 Å². The Bertz CT molecular complexity index is 1060. The van der Waals surface area contributed by atoms with Crippen LogP contribution in [-0.2, 0) is 9.59 Å². The fourth-order valence-corrected chi connectivity index (χ4v) is 3.82. The van der Waals surface area contributed by atoms with E-state index in [4.69, 9.17) is 40.2 Å². The number of anilines is 1. The highest BCUT2D eigenvalue weighted by atomic mass is 35.5. The molecule has 0 spiro atoms. The molecule has 2 aromatic carbocycles. The third-order valence-corrected chi connectivity index (χ3v) is 5.66. The lowest BCUT2D eigenvalue weighted by atomic mass is 10.2. The summed E-state index contributed by atoms with van der Waals surface area (Å²) in [5.41, 5.74) is 3.27. The number of thiocarbonyl (C=S) groups is 1. The maximum absolute atomic E-state index is 12.7. The molecular weight excluding hydrogens is 475 g/mol. The standard InChI is InChI=1S/C21H20Cl2N4O4S/c1-3-31-14-7-5-13(6-8-14)24-18(28)11-17-20(30)26(2)21(32)27(17)25-19(29)15-9-4-12(22)10-16(15)23/h4-10,17H,3,11H2,1-2H3,(H,24,28)(H,25,29). The zero-order valence-electron chi connectivity index (χ0n) is 17.2. The van der Waals surface area contributed by atoms with Gasteiger partial charge in [0.25, 0.3) is 11.8 Å². The third-order valence-electron chi connectivity index (χ3n) is 4.65. The molecule has 3 amide bonds. The van der Waals surface area contributed by atoms with E-state index in [1.165, 1.54) is 35.2 Å². The maximum atomic E-state index is 12.7. The van der Waals surface area contributed by atoms with E-state index in [9.17, 15) is 14.4 Å². The molecule has 1 unspecified atom stereocenters. The summed E-state index contributed by atoms with van der Waals surface area (Å²) < 4.78 is 5.37. The molecule has 1 heterocycles. The summed E-state index contributed by atoms with van der Waals surface area (Å²) >= 11 is 17.3. The molecule has 0 aromatic heterocycles. The SMILES string of the molecule is CCOc1ccc(NC(=O)CC2C(=O)N(C)C(=S)N2NC(=O)c2ccc(Cl)cc2Cl)cc1. The van der Waals surface area contributed by atoms with Gasteiger partial charge in [-0.1, -0.05) is 23.2 Å². The molecule has 32 heavy (non-hydrogen) atoms. The van der Waals surface area contributed by atoms with Crippen LogP contribution in [0.1, 0.15) is 23.7 Å². The minimum Gasteiger partial charge on any atom is -0.494 e. The number of benzene rings is 2. The van der Waals surface area contributed by atoms with Crippen molar-refractivity contribution in [2.45, 2.75) is 19.4 Å². The molecule has 0 bridgehead atoms. The molecule has 1 saturated heterocycles. The van der Waals surface area contributed by atoms with Gasteiger partial charge >= 0.3 is 0 Å². The zero-order chi connectivity index (χ0) is 23.4. The molecule has 1 atom stereocenters. The number of hydrazine groups is 1. The predicted octanol–water partition coefficient (Wildman–Crippen LogP) is 3.49. The van der Waals surface area contributed by atoms with Crippen molar-refractivity contribution in [1.29, 1.82) is 0 Å². The van der Waals surface area contributed by atoms with Crippen LogP contribution in [0.2, 0.25) is 10.0 Å². The van der Waals surface area contributed by atoms with Gasteiger partial charge in [0.2, 0.25) is 5.91 Å². The van der Waals surface area contributed by atoms with Crippen LogP contribution in [0.15, 0.2) is 42.5 Å². The lowest BCUT2D eigenvalue weighted by Gasteiger charge is -2.24. The number of hydrogen-bond donors (Lipinski definition) is 2. The number of nitrogens with zero attached hydrogens (tertiary/aromatic N) is 2. The van der Waals surface area contributed by atoms with Crippen molar-refractivity contribution in [3.05, 3.63) is 58.1 Å². The van der Waals surface area contributed by atoms with Crippen LogP contribution in [0.25, 0.3) is 0 Å². The van der Waals surface area contributed by atoms with Crippen LogP contribution < -0.4 is 15.5 Å². The summed E-state index contributed by atoms with van der Waals surface area (Å²) in [7, 11) is 1.48. The van der Waals surface area contributed by atoms with Crippen molar-refractivity contribution in [3.8, 4) is 5.75 Å². The minimum absolute atomic E-state index is 0.0623. The van der Waals surface area contributed by atoms with Crippen LogP contribution >= 0.6 is 35.4 Å². The van der Waals surface area contributed by atoms with E-state index in [2.05, 4.69) is 10.7 Å². The number of carbonyl (C=O) groups is 3. The summed E-state index contributed by atoms with van der Waals surface area (Å²) in [6.07, 6.45) is -0.231. The lowest BCUT2D eigenvalue weighted by molar-refractivity contribution is -0.130. The minimum atomic E-state index is -1.01. The second-order valence-corrected chi connectivity index (χ2v) is 8.05. The van der Waals surface area contributed by atoms with E-state index in [1.54, 1.807) is 24.3 Å². The van der Waals surface area contributed by atoms with Gasteiger partial charge in [-0.3, -0.25) is 24.7 Å². The smallest absolute Gasteiger partial charge is 0.271 e. The molecular formula is C21H20Cl2N4O4S. The first-order valence-corrected chi connectivity index (χ1v) is 10.8. The largest absolute Gasteiger partial charge is 0.494 e. The van der Waals surface area contributed by atoms with Gasteiger partial charge in [-0.25, -0.2) is 5.01 Å². The topological polar surface area (TPSA) is 91.0 Å². The number of amides is 3. The predicted molar refractivity (Wildman–Crippen MR) is 126 cm³/mol. The second-order valence-electron chi connectivity index (χ2n) is 6.84. The molecule has 1 aliphatic rings. The number of likely N-dealkylation sites (N-methyl/N-ethyl adjacent to an activating group) is 1. The maximum Gasteiger partial charge on any atom is 0.271 e. The molecule has 1 aliphatic heterocycles. The van der Waals surface area contributed by atoms with E-state index in [-0.39, 0.29) is 22.1 Å². The van der Waals surface area contributed by atoms with Crippen molar-refractivity contribution in [3.63, 3.8) is 0 Å². The average molecular weight is 495 g/mol. The summed E-state index contributed by atoms with van der Waals surface area (Å²) in [5.74, 6) is -0.749. The summed E-state index contributed by atoms with van der Waals surface area (Å²) in [6.45, 7) is 2.41. The normalized spacial score (nSPS) is 15.7. The first kappa shape index (κ1) is 23.8. The summed E-state index contributed by atoms with van der Waals surface area (Å²) in [5, 5.41) is 4.51. The van der Waals surface area contributed by atoms with Gasteiger partial charge in [-0.05, 0) is 61.6 Å². The Labute approximate surface area is 200 Å². The van der Waals surface area contributed by atoms with E-state index in [0.717, 1.165) is 0 Å². The van der Waals surface area contributed by atoms with Gasteiger partial charge in [-0.2, -0.15) is 0 Å². The Morgan fingerprint density at radius 1 is 1.16 bits per heavy atom. The number of hydrogen-bond acceptors (Lipinski definition) is 5. The van der Waals surface area contributed by atoms with E-state index < -0.39 is 23.8 Å². The van der Waals surface area contributed by atoms with Crippen molar-refractivity contribution >= 4 is 63.9 Å². The summed E-state index contributed by atoms with van der Waals surface area (Å²) in [6, 6.07) is 10.2. The van der Waals surface area contributed by atoms with E-state index >= 15 is 0 Å². The number of halogens is 2. The fraction of sp³-hybridized carbons (Fsp3) is 0.238. The van der Waals surface area contributed by atoms with Gasteiger partial charge in [0.05, 0.1) is 23.6 Å². The second kappa shape index (κ2) is 10.2. The van der Waals surface area contributed by atoms with Crippen molar-refractivity contribution in [2.24, 2.45) is 0 Å². The van der Waals surface area contributed by atoms with Crippen molar-refractivity contribution < 1.29 is 19.1 Å². The zero-order valence-corrected chi connectivity index (χ0v) is 19.6. The van der Waals surface area contributed by atoms with Crippen LogP contribution in [0, 0.1) is 0 Å². The molecule has 1 fully saturated rings. The van der Waals surface area contributed by atoms with Gasteiger partial charge in [-0.15, -0.1) is 0 Å². The van der Waals surface area contributed by atoms with E-state index in [1.807, 2.05) is 6.92 Å². The highest BCUT2D eigenvalue weighted by molar-refractivity contribution is 7.80.